The van der Waals surface area contributed by atoms with E-state index >= 15 is 0 Å². The molecule has 0 saturated carbocycles. The van der Waals surface area contributed by atoms with Crippen LogP contribution in [-0.4, -0.2) is 31.4 Å². The van der Waals surface area contributed by atoms with Gasteiger partial charge in [0.1, 0.15) is 11.5 Å². The summed E-state index contributed by atoms with van der Waals surface area (Å²) in [6, 6.07) is 12.0. The van der Waals surface area contributed by atoms with Gasteiger partial charge in [0.05, 0.1) is 16.9 Å². The number of nitrogens with zero attached hydrogens (tertiary/aromatic N) is 2. The second-order valence-corrected chi connectivity index (χ2v) is 8.57. The highest BCUT2D eigenvalue weighted by Crippen LogP contribution is 2.43. The summed E-state index contributed by atoms with van der Waals surface area (Å²) in [6.45, 7) is 0. The molecule has 0 radical (unpaired) electrons. The first-order valence-electron chi connectivity index (χ1n) is 8.11. The molecule has 1 N–H and O–H groups in total. The van der Waals surface area contributed by atoms with Crippen molar-refractivity contribution < 1.29 is 22.3 Å². The maximum Gasteiger partial charge on any atom is 0.359 e. The monoisotopic (exact) mass is 419 g/mol. The van der Waals surface area contributed by atoms with Crippen LogP contribution in [0.2, 0.25) is 0 Å². The zero-order chi connectivity index (χ0) is 19.9. The zero-order valence-electron chi connectivity index (χ0n) is 14.5. The van der Waals surface area contributed by atoms with E-state index in [0.717, 1.165) is 4.79 Å². The van der Waals surface area contributed by atoms with Crippen molar-refractivity contribution in [2.24, 2.45) is 0 Å². The van der Waals surface area contributed by atoms with Crippen LogP contribution in [0.5, 0.6) is 0 Å². The number of halogens is 1. The number of ether oxygens (including phenoxy) is 1. The van der Waals surface area contributed by atoms with E-state index in [0.29, 0.717) is 27.5 Å². The highest BCUT2D eigenvalue weighted by Gasteiger charge is 2.31. The van der Waals surface area contributed by atoms with Gasteiger partial charge in [-0.15, -0.1) is 16.9 Å². The number of rotatable bonds is 4. The molecule has 28 heavy (non-hydrogen) atoms. The van der Waals surface area contributed by atoms with Gasteiger partial charge in [-0.2, -0.15) is 18.0 Å². The van der Waals surface area contributed by atoms with Gasteiger partial charge < -0.3 is 4.74 Å². The van der Waals surface area contributed by atoms with E-state index in [4.69, 9.17) is 4.74 Å². The van der Waals surface area contributed by atoms with E-state index in [-0.39, 0.29) is 10.6 Å². The second-order valence-electron chi connectivity index (χ2n) is 5.93. The summed E-state index contributed by atoms with van der Waals surface area (Å²) in [5.74, 6) is -0.666. The number of carbonyl (C=O) groups excluding carboxylic acids is 1. The molecule has 2 aromatic carbocycles. The third-order valence-corrected chi connectivity index (χ3v) is 6.61. The summed E-state index contributed by atoms with van der Waals surface area (Å²) in [5.41, 5.74) is 1.63. The number of fused-ring (bicyclic) bond motifs is 3. The quantitative estimate of drug-likeness (QED) is 0.654. The lowest BCUT2D eigenvalue weighted by molar-refractivity contribution is 0.0589. The summed E-state index contributed by atoms with van der Waals surface area (Å²) in [7, 11) is -2.74. The predicted octanol–water partition coefficient (Wildman–Crippen LogP) is 3.01. The van der Waals surface area contributed by atoms with Gasteiger partial charge in [0.25, 0.3) is 10.0 Å². The van der Waals surface area contributed by atoms with E-state index in [1.807, 2.05) is 0 Å². The first-order chi connectivity index (χ1) is 13.4. The van der Waals surface area contributed by atoms with Crippen molar-refractivity contribution in [2.45, 2.75) is 15.5 Å². The van der Waals surface area contributed by atoms with Crippen molar-refractivity contribution >= 4 is 27.8 Å². The molecular weight excluding hydrogens is 405 g/mol. The Morgan fingerprint density at radius 2 is 2.00 bits per heavy atom. The summed E-state index contributed by atoms with van der Waals surface area (Å²) < 4.78 is 43.9. The number of esters is 1. The zero-order valence-corrected chi connectivity index (χ0v) is 16.2. The van der Waals surface area contributed by atoms with Crippen molar-refractivity contribution in [3.05, 3.63) is 65.6 Å². The van der Waals surface area contributed by atoms with Crippen LogP contribution in [0.4, 0.5) is 4.39 Å². The van der Waals surface area contributed by atoms with Crippen molar-refractivity contribution in [3.8, 4) is 11.3 Å². The fourth-order valence-electron chi connectivity index (χ4n) is 2.90. The van der Waals surface area contributed by atoms with E-state index < -0.39 is 21.8 Å². The normalized spacial score (nSPS) is 12.8. The average Bonchev–Trinajstić information content (AvgIpc) is 3.06. The molecule has 3 aromatic rings. The van der Waals surface area contributed by atoms with Gasteiger partial charge in [0.15, 0.2) is 5.69 Å². The Balaban J connectivity index is 1.88. The van der Waals surface area contributed by atoms with Gasteiger partial charge in [-0.1, -0.05) is 18.2 Å². The van der Waals surface area contributed by atoms with Gasteiger partial charge in [-0.3, -0.25) is 0 Å². The number of sulfonamides is 1. The number of thioether (sulfide) groups is 1. The van der Waals surface area contributed by atoms with Crippen LogP contribution in [0, 0.1) is 5.82 Å². The Kier molecular flexibility index (Phi) is 4.60. The van der Waals surface area contributed by atoms with E-state index in [1.54, 1.807) is 24.3 Å². The number of nitrogens with one attached hydrogen (secondary N) is 1. The number of hydrogen-bond donors (Lipinski definition) is 1. The Hall–Kier alpha value is -2.85. The third kappa shape index (κ3) is 3.14. The molecule has 0 fully saturated rings. The minimum atomic E-state index is -3.96. The molecule has 0 spiro atoms. The molecule has 144 valence electrons. The molecule has 1 aliphatic heterocycles. The topological polar surface area (TPSA) is 90.3 Å². The van der Waals surface area contributed by atoms with Crippen LogP contribution in [0.25, 0.3) is 11.3 Å². The van der Waals surface area contributed by atoms with Crippen LogP contribution < -0.4 is 4.83 Å². The smallest absolute Gasteiger partial charge is 0.359 e. The minimum Gasteiger partial charge on any atom is -0.464 e. The van der Waals surface area contributed by atoms with E-state index in [9.17, 15) is 17.6 Å². The molecule has 1 aromatic heterocycles. The molecule has 0 amide bonds. The standard InChI is InChI=1S/C18H14FN3O4S2/c1-26-18(23)15-17-16(14-8-7-12(19)9-11(14)10-27-17)22(20-15)21-28(24,25)13-5-3-2-4-6-13/h2-9,21H,10H2,1H3. The van der Waals surface area contributed by atoms with Crippen LogP contribution in [-0.2, 0) is 20.5 Å². The van der Waals surface area contributed by atoms with Crippen LogP contribution in [0.3, 0.4) is 0 Å². The first-order valence-corrected chi connectivity index (χ1v) is 10.6. The Labute approximate surface area is 164 Å². The molecule has 7 nitrogen and oxygen atoms in total. The number of methoxy groups -OCH3 is 1. The molecule has 4 rings (SSSR count). The first kappa shape index (κ1) is 18.5. The molecule has 10 heteroatoms. The van der Waals surface area contributed by atoms with Gasteiger partial charge in [0, 0.05) is 11.3 Å². The van der Waals surface area contributed by atoms with Gasteiger partial charge >= 0.3 is 5.97 Å². The maximum absolute atomic E-state index is 13.6. The fraction of sp³-hybridized carbons (Fsp3) is 0.111. The average molecular weight is 419 g/mol. The SMILES string of the molecule is COC(=O)c1nn(NS(=O)(=O)c2ccccc2)c2c1SCc1cc(F)ccc1-2. The largest absolute Gasteiger partial charge is 0.464 e. The number of benzene rings is 2. The second kappa shape index (κ2) is 6.95. The highest BCUT2D eigenvalue weighted by atomic mass is 32.2. The summed E-state index contributed by atoms with van der Waals surface area (Å²) in [5, 5.41) is 4.13. The highest BCUT2D eigenvalue weighted by molar-refractivity contribution is 7.98. The van der Waals surface area contributed by atoms with Crippen molar-refractivity contribution in [1.29, 1.82) is 0 Å². The summed E-state index contributed by atoms with van der Waals surface area (Å²) in [4.78, 5) is 16.1. The minimum absolute atomic E-state index is 0.00626. The Bertz CT molecular complexity index is 1180. The summed E-state index contributed by atoms with van der Waals surface area (Å²) in [6.07, 6.45) is 0. The number of hydrogen-bond acceptors (Lipinski definition) is 6. The van der Waals surface area contributed by atoms with E-state index in [2.05, 4.69) is 9.93 Å². The molecule has 0 aliphatic carbocycles. The Morgan fingerprint density at radius 1 is 1.25 bits per heavy atom. The van der Waals surface area contributed by atoms with Gasteiger partial charge in [-0.25, -0.2) is 9.18 Å². The van der Waals surface area contributed by atoms with E-state index in [1.165, 1.54) is 43.1 Å². The molecule has 0 unspecified atom stereocenters. The number of carbonyl (C=O) groups is 1. The maximum atomic E-state index is 13.6. The number of aromatic nitrogens is 2. The molecule has 0 saturated heterocycles. The lowest BCUT2D eigenvalue weighted by atomic mass is 10.0. The molecule has 1 aliphatic rings. The lowest BCUT2D eigenvalue weighted by Gasteiger charge is -2.18. The molecular formula is C18H14FN3O4S2. The van der Waals surface area contributed by atoms with Gasteiger partial charge in [0.2, 0.25) is 0 Å². The third-order valence-electron chi connectivity index (χ3n) is 4.18. The van der Waals surface area contributed by atoms with Crippen molar-refractivity contribution in [3.63, 3.8) is 0 Å². The molecule has 0 bridgehead atoms. The van der Waals surface area contributed by atoms with Crippen LogP contribution in [0.15, 0.2) is 58.3 Å². The Morgan fingerprint density at radius 3 is 2.71 bits per heavy atom. The van der Waals surface area contributed by atoms with Crippen molar-refractivity contribution in [2.75, 3.05) is 11.9 Å². The van der Waals surface area contributed by atoms with Gasteiger partial charge in [-0.05, 0) is 35.9 Å². The fourth-order valence-corrected chi connectivity index (χ4v) is 5.02. The van der Waals surface area contributed by atoms with Crippen molar-refractivity contribution in [1.82, 2.24) is 9.89 Å². The summed E-state index contributed by atoms with van der Waals surface area (Å²) >= 11 is 1.27. The molecule has 0 atom stereocenters. The predicted molar refractivity (Wildman–Crippen MR) is 102 cm³/mol. The molecule has 2 heterocycles. The van der Waals surface area contributed by atoms with Crippen LogP contribution in [0.1, 0.15) is 16.1 Å². The lowest BCUT2D eigenvalue weighted by Crippen LogP contribution is -2.25. The van der Waals surface area contributed by atoms with Crippen LogP contribution >= 0.6 is 11.8 Å².